The predicted octanol–water partition coefficient (Wildman–Crippen LogP) is 2.36. The summed E-state index contributed by atoms with van der Waals surface area (Å²) in [6.07, 6.45) is -2.64. The van der Waals surface area contributed by atoms with Gasteiger partial charge in [-0.2, -0.15) is 22.8 Å². The van der Waals surface area contributed by atoms with E-state index in [0.717, 1.165) is 4.68 Å². The summed E-state index contributed by atoms with van der Waals surface area (Å²) in [5.74, 6) is -0.171. The Bertz CT molecular complexity index is 945. The summed E-state index contributed by atoms with van der Waals surface area (Å²) in [4.78, 5) is 12.2. The van der Waals surface area contributed by atoms with Crippen LogP contribution in [0.1, 0.15) is 24.3 Å². The lowest BCUT2D eigenvalue weighted by Gasteiger charge is -2.09. The number of aromatic nitrogens is 7. The lowest BCUT2D eigenvalue weighted by Crippen LogP contribution is -2.08. The average Bonchev–Trinajstić information content (AvgIpc) is 3.17. The maximum absolute atomic E-state index is 13.0. The van der Waals surface area contributed by atoms with E-state index in [9.17, 15) is 13.2 Å². The van der Waals surface area contributed by atoms with Crippen molar-refractivity contribution in [1.82, 2.24) is 34.5 Å². The Morgan fingerprint density at radius 3 is 2.50 bits per heavy atom. The minimum atomic E-state index is -4.66. The third-order valence-electron chi connectivity index (χ3n) is 3.62. The number of hydrogen-bond donors (Lipinski definition) is 0. The fraction of sp³-hybridized carbons (Fsp3) is 0.400. The van der Waals surface area contributed by atoms with E-state index in [1.165, 1.54) is 25.0 Å². The second kappa shape index (κ2) is 6.39. The summed E-state index contributed by atoms with van der Waals surface area (Å²) in [5.41, 5.74) is 1.24. The normalized spacial score (nSPS) is 11.8. The highest BCUT2D eigenvalue weighted by atomic mass is 19.4. The summed E-state index contributed by atoms with van der Waals surface area (Å²) >= 11 is 0. The van der Waals surface area contributed by atoms with E-state index < -0.39 is 12.0 Å². The summed E-state index contributed by atoms with van der Waals surface area (Å²) in [5, 5.41) is 7.71. The SMILES string of the molecule is CCc1nc(-c2cc(C)ncc2OC)n(-c2nc(C(F)(F)F)nn2C)n1. The lowest BCUT2D eigenvalue weighted by molar-refractivity contribution is -0.144. The van der Waals surface area contributed by atoms with Crippen molar-refractivity contribution < 1.29 is 17.9 Å². The van der Waals surface area contributed by atoms with Crippen molar-refractivity contribution in [2.75, 3.05) is 7.11 Å². The molecule has 0 bridgehead atoms. The monoisotopic (exact) mass is 367 g/mol. The molecule has 0 aliphatic heterocycles. The smallest absolute Gasteiger partial charge is 0.453 e. The maximum atomic E-state index is 13.0. The highest BCUT2D eigenvalue weighted by Crippen LogP contribution is 2.31. The molecular weight excluding hydrogens is 351 g/mol. The first kappa shape index (κ1) is 17.8. The van der Waals surface area contributed by atoms with Gasteiger partial charge in [-0.3, -0.25) is 4.98 Å². The van der Waals surface area contributed by atoms with Crippen molar-refractivity contribution in [3.63, 3.8) is 0 Å². The van der Waals surface area contributed by atoms with Gasteiger partial charge in [0, 0.05) is 19.2 Å². The minimum Gasteiger partial charge on any atom is -0.494 e. The van der Waals surface area contributed by atoms with Gasteiger partial charge in [-0.15, -0.1) is 10.2 Å². The topological polar surface area (TPSA) is 83.5 Å². The fourth-order valence-corrected chi connectivity index (χ4v) is 2.38. The second-order valence-corrected chi connectivity index (χ2v) is 5.50. The van der Waals surface area contributed by atoms with Crippen molar-refractivity contribution in [3.05, 3.63) is 29.6 Å². The van der Waals surface area contributed by atoms with Crippen LogP contribution in [0.25, 0.3) is 17.3 Å². The third kappa shape index (κ3) is 3.11. The highest BCUT2D eigenvalue weighted by molar-refractivity contribution is 5.65. The second-order valence-electron chi connectivity index (χ2n) is 5.50. The zero-order valence-corrected chi connectivity index (χ0v) is 14.5. The first-order valence-corrected chi connectivity index (χ1v) is 7.70. The van der Waals surface area contributed by atoms with Crippen LogP contribution < -0.4 is 4.74 Å². The van der Waals surface area contributed by atoms with Gasteiger partial charge in [0.05, 0.1) is 18.9 Å². The van der Waals surface area contributed by atoms with Crippen molar-refractivity contribution in [1.29, 1.82) is 0 Å². The molecule has 8 nitrogen and oxygen atoms in total. The number of rotatable bonds is 4. The van der Waals surface area contributed by atoms with Crippen LogP contribution >= 0.6 is 0 Å². The largest absolute Gasteiger partial charge is 0.494 e. The fourth-order valence-electron chi connectivity index (χ4n) is 2.38. The van der Waals surface area contributed by atoms with Gasteiger partial charge >= 0.3 is 6.18 Å². The Kier molecular flexibility index (Phi) is 4.38. The van der Waals surface area contributed by atoms with Gasteiger partial charge in [-0.25, -0.2) is 9.67 Å². The minimum absolute atomic E-state index is 0.101. The summed E-state index contributed by atoms with van der Waals surface area (Å²) < 4.78 is 46.4. The van der Waals surface area contributed by atoms with Crippen LogP contribution in [0.5, 0.6) is 5.75 Å². The Morgan fingerprint density at radius 1 is 1.19 bits per heavy atom. The Hall–Kier alpha value is -2.98. The zero-order valence-electron chi connectivity index (χ0n) is 14.5. The lowest BCUT2D eigenvalue weighted by atomic mass is 10.2. The molecule has 0 aromatic carbocycles. The number of nitrogens with zero attached hydrogens (tertiary/aromatic N) is 7. The van der Waals surface area contributed by atoms with Gasteiger partial charge in [0.1, 0.15) is 5.75 Å². The van der Waals surface area contributed by atoms with Crippen LogP contribution in [0, 0.1) is 6.92 Å². The van der Waals surface area contributed by atoms with E-state index in [4.69, 9.17) is 4.74 Å². The standard InChI is InChI=1S/C15H16F3N7O/c1-5-11-20-12(9-6-8(2)19-7-10(9)26-4)25(22-11)14-21-13(15(16,17)18)23-24(14)3/h6-7H,5H2,1-4H3. The molecule has 0 unspecified atom stereocenters. The number of ether oxygens (including phenoxy) is 1. The van der Waals surface area contributed by atoms with E-state index in [1.807, 2.05) is 6.92 Å². The molecule has 0 saturated heterocycles. The molecule has 0 fully saturated rings. The Labute approximate surface area is 146 Å². The van der Waals surface area contributed by atoms with Crippen LogP contribution in [0.2, 0.25) is 0 Å². The molecule has 3 aromatic heterocycles. The molecule has 0 atom stereocenters. The predicted molar refractivity (Wildman–Crippen MR) is 84.8 cm³/mol. The van der Waals surface area contributed by atoms with Crippen LogP contribution in [-0.4, -0.2) is 41.6 Å². The number of aryl methyl sites for hydroxylation is 3. The summed E-state index contributed by atoms with van der Waals surface area (Å²) in [7, 11) is 2.84. The summed E-state index contributed by atoms with van der Waals surface area (Å²) in [6, 6.07) is 1.72. The number of hydrogen-bond acceptors (Lipinski definition) is 6. The third-order valence-corrected chi connectivity index (χ3v) is 3.62. The molecule has 0 spiro atoms. The average molecular weight is 367 g/mol. The van der Waals surface area contributed by atoms with E-state index in [2.05, 4.69) is 25.1 Å². The van der Waals surface area contributed by atoms with E-state index in [0.29, 0.717) is 35.1 Å². The molecule has 0 aliphatic rings. The van der Waals surface area contributed by atoms with Crippen LogP contribution in [0.15, 0.2) is 12.3 Å². The highest BCUT2D eigenvalue weighted by Gasteiger charge is 2.37. The molecule has 3 aromatic rings. The zero-order chi connectivity index (χ0) is 19.1. The maximum Gasteiger partial charge on any atom is 0.453 e. The molecule has 26 heavy (non-hydrogen) atoms. The van der Waals surface area contributed by atoms with Crippen molar-refractivity contribution in [2.45, 2.75) is 26.4 Å². The van der Waals surface area contributed by atoms with E-state index in [-0.39, 0.29) is 5.95 Å². The molecular formula is C15H16F3N7O. The molecule has 11 heteroatoms. The van der Waals surface area contributed by atoms with E-state index in [1.54, 1.807) is 13.0 Å². The Morgan fingerprint density at radius 2 is 1.92 bits per heavy atom. The van der Waals surface area contributed by atoms with Crippen molar-refractivity contribution in [2.24, 2.45) is 7.05 Å². The molecule has 0 aliphatic carbocycles. The molecule has 3 heterocycles. The van der Waals surface area contributed by atoms with Crippen LogP contribution in [0.4, 0.5) is 13.2 Å². The van der Waals surface area contributed by atoms with Crippen molar-refractivity contribution in [3.8, 4) is 23.1 Å². The van der Waals surface area contributed by atoms with Crippen LogP contribution in [0.3, 0.4) is 0 Å². The molecule has 0 radical (unpaired) electrons. The van der Waals surface area contributed by atoms with Crippen molar-refractivity contribution >= 4 is 0 Å². The number of halogens is 3. The Balaban J connectivity index is 2.24. The van der Waals surface area contributed by atoms with Gasteiger partial charge in [0.2, 0.25) is 0 Å². The number of alkyl halides is 3. The molecule has 0 saturated carbocycles. The number of methoxy groups -OCH3 is 1. The van der Waals surface area contributed by atoms with Crippen LogP contribution in [-0.2, 0) is 19.6 Å². The summed E-state index contributed by atoms with van der Waals surface area (Å²) in [6.45, 7) is 3.63. The number of pyridine rings is 1. The van der Waals surface area contributed by atoms with Gasteiger partial charge in [-0.05, 0) is 13.0 Å². The molecule has 0 N–H and O–H groups in total. The molecule has 3 rings (SSSR count). The van der Waals surface area contributed by atoms with Gasteiger partial charge in [-0.1, -0.05) is 6.92 Å². The quantitative estimate of drug-likeness (QED) is 0.704. The molecule has 138 valence electrons. The van der Waals surface area contributed by atoms with Gasteiger partial charge in [0.15, 0.2) is 11.6 Å². The van der Waals surface area contributed by atoms with Gasteiger partial charge in [0.25, 0.3) is 11.8 Å². The first-order valence-electron chi connectivity index (χ1n) is 7.70. The van der Waals surface area contributed by atoms with E-state index >= 15 is 0 Å². The first-order chi connectivity index (χ1) is 12.2. The molecule has 0 amide bonds. The van der Waals surface area contributed by atoms with Gasteiger partial charge < -0.3 is 4.74 Å².